The molecule has 2 nitrogen and oxygen atoms in total. The van der Waals surface area contributed by atoms with Gasteiger partial charge in [-0.2, -0.15) is 17.2 Å². The van der Waals surface area contributed by atoms with Crippen molar-refractivity contribution in [2.45, 2.75) is 38.5 Å². The molecule has 1 heterocycles. The maximum atomic E-state index is 5.39. The lowest BCUT2D eigenvalue weighted by Gasteiger charge is -2.16. The van der Waals surface area contributed by atoms with Crippen molar-refractivity contribution in [1.82, 2.24) is 5.48 Å². The van der Waals surface area contributed by atoms with Crippen molar-refractivity contribution in [1.29, 1.82) is 0 Å². The maximum absolute atomic E-state index is 5.39. The highest BCUT2D eigenvalue weighted by molar-refractivity contribution is 8.00. The van der Waals surface area contributed by atoms with Crippen LogP contribution in [0.15, 0.2) is 0 Å². The van der Waals surface area contributed by atoms with Crippen molar-refractivity contribution in [3.63, 3.8) is 0 Å². The molecule has 0 aromatic rings. The van der Waals surface area contributed by atoms with Crippen LogP contribution in [0.2, 0.25) is 0 Å². The van der Waals surface area contributed by atoms with E-state index in [1.807, 2.05) is 11.8 Å². The van der Waals surface area contributed by atoms with E-state index in [0.29, 0.717) is 17.2 Å². The summed E-state index contributed by atoms with van der Waals surface area (Å²) in [6.45, 7) is 7.39. The second-order valence-electron chi connectivity index (χ2n) is 3.79. The zero-order valence-corrected chi connectivity index (χ0v) is 8.99. The monoisotopic (exact) mass is 189 g/mol. The Morgan fingerprint density at radius 2 is 2.33 bits per heavy atom. The van der Waals surface area contributed by atoms with E-state index in [9.17, 15) is 0 Å². The SMILES string of the molecule is CC(C)CONC1CCSC1C. The van der Waals surface area contributed by atoms with E-state index in [2.05, 4.69) is 26.3 Å². The van der Waals surface area contributed by atoms with Gasteiger partial charge in [0.15, 0.2) is 0 Å². The Bertz CT molecular complexity index is 130. The summed E-state index contributed by atoms with van der Waals surface area (Å²) >= 11 is 2.02. The molecule has 72 valence electrons. The Morgan fingerprint density at radius 3 is 2.83 bits per heavy atom. The average molecular weight is 189 g/mol. The predicted octanol–water partition coefficient (Wildman–Crippen LogP) is 2.06. The van der Waals surface area contributed by atoms with Gasteiger partial charge in [0.2, 0.25) is 0 Å². The Balaban J connectivity index is 2.06. The molecule has 0 spiro atoms. The van der Waals surface area contributed by atoms with E-state index in [1.54, 1.807) is 0 Å². The predicted molar refractivity (Wildman–Crippen MR) is 54.3 cm³/mol. The minimum absolute atomic E-state index is 0.564. The minimum atomic E-state index is 0.564. The quantitative estimate of drug-likeness (QED) is 0.684. The highest BCUT2D eigenvalue weighted by Gasteiger charge is 2.23. The molecule has 0 bridgehead atoms. The fourth-order valence-corrected chi connectivity index (χ4v) is 2.39. The van der Waals surface area contributed by atoms with Crippen molar-refractivity contribution in [2.75, 3.05) is 12.4 Å². The third-order valence-electron chi connectivity index (χ3n) is 2.03. The Kier molecular flexibility index (Phi) is 4.40. The van der Waals surface area contributed by atoms with E-state index in [4.69, 9.17) is 4.84 Å². The molecule has 2 atom stereocenters. The first kappa shape index (κ1) is 10.4. The van der Waals surface area contributed by atoms with Crippen LogP contribution >= 0.6 is 11.8 Å². The summed E-state index contributed by atoms with van der Waals surface area (Å²) < 4.78 is 0. The molecule has 0 radical (unpaired) electrons. The van der Waals surface area contributed by atoms with Gasteiger partial charge in [0.05, 0.1) is 6.61 Å². The first-order valence-corrected chi connectivity index (χ1v) is 5.74. The molecule has 1 aliphatic heterocycles. The van der Waals surface area contributed by atoms with E-state index in [1.165, 1.54) is 12.2 Å². The van der Waals surface area contributed by atoms with Crippen molar-refractivity contribution in [3.05, 3.63) is 0 Å². The number of hydrogen-bond acceptors (Lipinski definition) is 3. The van der Waals surface area contributed by atoms with Gasteiger partial charge in [0, 0.05) is 11.3 Å². The van der Waals surface area contributed by atoms with Crippen LogP contribution in [0.1, 0.15) is 27.2 Å². The molecule has 1 N–H and O–H groups in total. The van der Waals surface area contributed by atoms with Gasteiger partial charge in [0.25, 0.3) is 0 Å². The maximum Gasteiger partial charge on any atom is 0.0705 e. The summed E-state index contributed by atoms with van der Waals surface area (Å²) in [5.41, 5.74) is 3.14. The van der Waals surface area contributed by atoms with Crippen molar-refractivity contribution >= 4 is 11.8 Å². The van der Waals surface area contributed by atoms with Crippen LogP contribution in [0, 0.1) is 5.92 Å². The van der Waals surface area contributed by atoms with Crippen LogP contribution in [0.3, 0.4) is 0 Å². The van der Waals surface area contributed by atoms with Crippen LogP contribution in [0.25, 0.3) is 0 Å². The fraction of sp³-hybridized carbons (Fsp3) is 1.00. The van der Waals surface area contributed by atoms with Gasteiger partial charge in [-0.1, -0.05) is 20.8 Å². The fourth-order valence-electron chi connectivity index (χ4n) is 1.21. The minimum Gasteiger partial charge on any atom is -0.301 e. The molecule has 0 amide bonds. The number of hydroxylamine groups is 1. The largest absolute Gasteiger partial charge is 0.301 e. The summed E-state index contributed by atoms with van der Waals surface area (Å²) in [5.74, 6) is 1.88. The number of nitrogens with one attached hydrogen (secondary N) is 1. The summed E-state index contributed by atoms with van der Waals surface area (Å²) in [6, 6.07) is 0.564. The van der Waals surface area contributed by atoms with Crippen LogP contribution < -0.4 is 5.48 Å². The van der Waals surface area contributed by atoms with Gasteiger partial charge >= 0.3 is 0 Å². The second-order valence-corrected chi connectivity index (χ2v) is 5.28. The first-order chi connectivity index (χ1) is 5.70. The lowest BCUT2D eigenvalue weighted by molar-refractivity contribution is 0.00209. The molecular weight excluding hydrogens is 170 g/mol. The normalized spacial score (nSPS) is 30.0. The van der Waals surface area contributed by atoms with Crippen molar-refractivity contribution in [2.24, 2.45) is 5.92 Å². The third-order valence-corrected chi connectivity index (χ3v) is 3.35. The van der Waals surface area contributed by atoms with Crippen LogP contribution in [-0.2, 0) is 4.84 Å². The number of rotatable bonds is 4. The molecule has 0 aromatic carbocycles. The third kappa shape index (κ3) is 3.33. The van der Waals surface area contributed by atoms with Crippen molar-refractivity contribution < 1.29 is 4.84 Å². The van der Waals surface area contributed by atoms with Crippen LogP contribution in [0.4, 0.5) is 0 Å². The molecule has 1 saturated heterocycles. The van der Waals surface area contributed by atoms with Crippen molar-refractivity contribution in [3.8, 4) is 0 Å². The van der Waals surface area contributed by atoms with E-state index in [0.717, 1.165) is 6.61 Å². The van der Waals surface area contributed by atoms with Gasteiger partial charge in [0.1, 0.15) is 0 Å². The Labute approximate surface area is 79.4 Å². The first-order valence-electron chi connectivity index (χ1n) is 4.69. The van der Waals surface area contributed by atoms with Gasteiger partial charge < -0.3 is 4.84 Å². The summed E-state index contributed by atoms with van der Waals surface area (Å²) in [6.07, 6.45) is 1.24. The summed E-state index contributed by atoms with van der Waals surface area (Å²) in [5, 5.41) is 0.706. The molecule has 0 aliphatic carbocycles. The topological polar surface area (TPSA) is 21.3 Å². The van der Waals surface area contributed by atoms with Gasteiger partial charge in [-0.05, 0) is 18.1 Å². The lowest BCUT2D eigenvalue weighted by Crippen LogP contribution is -2.34. The van der Waals surface area contributed by atoms with E-state index >= 15 is 0 Å². The molecule has 1 rings (SSSR count). The lowest BCUT2D eigenvalue weighted by atomic mass is 10.2. The zero-order valence-electron chi connectivity index (χ0n) is 8.17. The standard InChI is InChI=1S/C9H19NOS/c1-7(2)6-11-10-9-4-5-12-8(9)3/h7-10H,4-6H2,1-3H3. The molecule has 1 fully saturated rings. The molecule has 12 heavy (non-hydrogen) atoms. The molecule has 1 aliphatic rings. The molecule has 2 unspecified atom stereocenters. The highest BCUT2D eigenvalue weighted by Crippen LogP contribution is 2.25. The molecular formula is C9H19NOS. The summed E-state index contributed by atoms with van der Waals surface area (Å²) in [7, 11) is 0. The zero-order chi connectivity index (χ0) is 8.97. The van der Waals surface area contributed by atoms with Gasteiger partial charge in [-0.25, -0.2) is 0 Å². The molecule has 0 saturated carbocycles. The van der Waals surface area contributed by atoms with Crippen LogP contribution in [0.5, 0.6) is 0 Å². The smallest absolute Gasteiger partial charge is 0.0705 e. The second kappa shape index (κ2) is 5.10. The van der Waals surface area contributed by atoms with E-state index < -0.39 is 0 Å². The van der Waals surface area contributed by atoms with E-state index in [-0.39, 0.29) is 0 Å². The molecule has 3 heteroatoms. The average Bonchev–Trinajstić information content (AvgIpc) is 2.36. The highest BCUT2D eigenvalue weighted by atomic mass is 32.2. The number of hydrogen-bond donors (Lipinski definition) is 1. The molecule has 0 aromatic heterocycles. The van der Waals surface area contributed by atoms with Gasteiger partial charge in [-0.3, -0.25) is 0 Å². The number of thioether (sulfide) groups is 1. The summed E-state index contributed by atoms with van der Waals surface area (Å²) in [4.78, 5) is 5.39. The Hall–Kier alpha value is 0.270. The Morgan fingerprint density at radius 1 is 1.58 bits per heavy atom. The van der Waals surface area contributed by atoms with Gasteiger partial charge in [-0.15, -0.1) is 0 Å². The van der Waals surface area contributed by atoms with Crippen LogP contribution in [-0.4, -0.2) is 23.7 Å².